The molecule has 0 aliphatic heterocycles. The van der Waals surface area contributed by atoms with Crippen LogP contribution < -0.4 is 5.73 Å². The number of hydrogen-bond donors (Lipinski definition) is 1. The van der Waals surface area contributed by atoms with Gasteiger partial charge in [0.15, 0.2) is 0 Å². The fourth-order valence-corrected chi connectivity index (χ4v) is 1.75. The molecule has 2 rings (SSSR count). The van der Waals surface area contributed by atoms with Crippen LogP contribution in [0.4, 0.5) is 0 Å². The first-order valence-corrected chi connectivity index (χ1v) is 4.97. The molecule has 2 aromatic carbocycles. The molecule has 0 saturated carbocycles. The van der Waals surface area contributed by atoms with Crippen molar-refractivity contribution in [3.63, 3.8) is 0 Å². The van der Waals surface area contributed by atoms with Gasteiger partial charge < -0.3 is 5.73 Å². The zero-order chi connectivity index (χ0) is 10.7. The number of rotatable bonds is 2. The van der Waals surface area contributed by atoms with Crippen LogP contribution in [0.15, 0.2) is 36.4 Å². The van der Waals surface area contributed by atoms with Crippen LogP contribution in [0, 0.1) is 11.3 Å². The average molecular weight is 196 g/mol. The van der Waals surface area contributed by atoms with Gasteiger partial charge in [0, 0.05) is 0 Å². The third-order valence-corrected chi connectivity index (χ3v) is 2.51. The number of nitriles is 1. The molecule has 0 aliphatic rings. The van der Waals surface area contributed by atoms with Crippen molar-refractivity contribution < 1.29 is 0 Å². The number of benzene rings is 2. The maximum Gasteiger partial charge on any atom is 0.0994 e. The van der Waals surface area contributed by atoms with Crippen molar-refractivity contribution in [3.05, 3.63) is 47.5 Å². The van der Waals surface area contributed by atoms with E-state index < -0.39 is 0 Å². The SMILES string of the molecule is N#Cc1cc2ccccc2cc1CCN. The molecule has 0 bridgehead atoms. The van der Waals surface area contributed by atoms with Crippen molar-refractivity contribution >= 4 is 10.8 Å². The molecule has 0 spiro atoms. The summed E-state index contributed by atoms with van der Waals surface area (Å²) in [6.45, 7) is 0.576. The molecular weight excluding hydrogens is 184 g/mol. The minimum Gasteiger partial charge on any atom is -0.330 e. The molecule has 0 amide bonds. The van der Waals surface area contributed by atoms with Crippen molar-refractivity contribution in [2.24, 2.45) is 5.73 Å². The predicted molar refractivity (Wildman–Crippen MR) is 61.4 cm³/mol. The Balaban J connectivity index is 2.65. The summed E-state index contributed by atoms with van der Waals surface area (Å²) in [5.74, 6) is 0. The Morgan fingerprint density at radius 2 is 1.80 bits per heavy atom. The number of hydrogen-bond acceptors (Lipinski definition) is 2. The highest BCUT2D eigenvalue weighted by molar-refractivity contribution is 5.84. The molecule has 2 N–H and O–H groups in total. The second-order valence-electron chi connectivity index (χ2n) is 3.51. The maximum atomic E-state index is 9.01. The lowest BCUT2D eigenvalue weighted by Gasteiger charge is -2.04. The Morgan fingerprint density at radius 3 is 2.40 bits per heavy atom. The van der Waals surface area contributed by atoms with Crippen molar-refractivity contribution in [3.8, 4) is 6.07 Å². The van der Waals surface area contributed by atoms with E-state index in [2.05, 4.69) is 18.2 Å². The largest absolute Gasteiger partial charge is 0.330 e. The van der Waals surface area contributed by atoms with Gasteiger partial charge in [-0.15, -0.1) is 0 Å². The van der Waals surface area contributed by atoms with Crippen LogP contribution in [0.25, 0.3) is 10.8 Å². The molecule has 0 radical (unpaired) electrons. The summed E-state index contributed by atoms with van der Waals surface area (Å²) < 4.78 is 0. The molecule has 0 heterocycles. The zero-order valence-electron chi connectivity index (χ0n) is 8.40. The number of nitrogens with zero attached hydrogens (tertiary/aromatic N) is 1. The van der Waals surface area contributed by atoms with Crippen molar-refractivity contribution in [2.75, 3.05) is 6.54 Å². The Morgan fingerprint density at radius 1 is 1.13 bits per heavy atom. The summed E-state index contributed by atoms with van der Waals surface area (Å²) in [5, 5.41) is 11.3. The summed E-state index contributed by atoms with van der Waals surface area (Å²) in [5.41, 5.74) is 7.29. The highest BCUT2D eigenvalue weighted by atomic mass is 14.5. The van der Waals surface area contributed by atoms with Gasteiger partial charge in [-0.3, -0.25) is 0 Å². The van der Waals surface area contributed by atoms with Crippen molar-refractivity contribution in [1.29, 1.82) is 5.26 Å². The molecule has 15 heavy (non-hydrogen) atoms. The second-order valence-corrected chi connectivity index (χ2v) is 3.51. The van der Waals surface area contributed by atoms with Gasteiger partial charge in [0.25, 0.3) is 0 Å². The summed E-state index contributed by atoms with van der Waals surface area (Å²) >= 11 is 0. The normalized spacial score (nSPS) is 10.1. The molecule has 0 aliphatic carbocycles. The highest BCUT2D eigenvalue weighted by Gasteiger charge is 2.03. The van der Waals surface area contributed by atoms with Gasteiger partial charge in [0.1, 0.15) is 0 Å². The minimum absolute atomic E-state index is 0.576. The van der Waals surface area contributed by atoms with Gasteiger partial charge in [-0.1, -0.05) is 24.3 Å². The summed E-state index contributed by atoms with van der Waals surface area (Å²) in [7, 11) is 0. The van der Waals surface area contributed by atoms with Crippen LogP contribution in [0.5, 0.6) is 0 Å². The smallest absolute Gasteiger partial charge is 0.0994 e. The van der Waals surface area contributed by atoms with E-state index in [4.69, 9.17) is 11.0 Å². The molecule has 74 valence electrons. The first kappa shape index (κ1) is 9.70. The third kappa shape index (κ3) is 1.83. The minimum atomic E-state index is 0.576. The maximum absolute atomic E-state index is 9.01. The summed E-state index contributed by atoms with van der Waals surface area (Å²) in [6, 6.07) is 14.3. The Hall–Kier alpha value is -1.85. The van der Waals surface area contributed by atoms with Gasteiger partial charge in [0.2, 0.25) is 0 Å². The number of fused-ring (bicyclic) bond motifs is 1. The quantitative estimate of drug-likeness (QED) is 0.800. The van der Waals surface area contributed by atoms with Gasteiger partial charge in [-0.2, -0.15) is 5.26 Å². The van der Waals surface area contributed by atoms with E-state index in [-0.39, 0.29) is 0 Å². The molecular formula is C13H12N2. The monoisotopic (exact) mass is 196 g/mol. The van der Waals surface area contributed by atoms with Crippen molar-refractivity contribution in [2.45, 2.75) is 6.42 Å². The summed E-state index contributed by atoms with van der Waals surface area (Å²) in [6.07, 6.45) is 0.758. The van der Waals surface area contributed by atoms with Crippen LogP contribution in [-0.4, -0.2) is 6.54 Å². The lowest BCUT2D eigenvalue weighted by atomic mass is 10.00. The van der Waals surface area contributed by atoms with E-state index >= 15 is 0 Å². The van der Waals surface area contributed by atoms with Crippen LogP contribution in [0.2, 0.25) is 0 Å². The van der Waals surface area contributed by atoms with Gasteiger partial charge in [-0.05, 0) is 41.4 Å². The van der Waals surface area contributed by atoms with Gasteiger partial charge >= 0.3 is 0 Å². The van der Waals surface area contributed by atoms with E-state index in [1.165, 1.54) is 5.39 Å². The third-order valence-electron chi connectivity index (χ3n) is 2.51. The average Bonchev–Trinajstić information content (AvgIpc) is 2.28. The first-order valence-electron chi connectivity index (χ1n) is 4.97. The van der Waals surface area contributed by atoms with Crippen LogP contribution in [0.1, 0.15) is 11.1 Å². The van der Waals surface area contributed by atoms with E-state index in [1.807, 2.05) is 24.3 Å². The summed E-state index contributed by atoms with van der Waals surface area (Å²) in [4.78, 5) is 0. The van der Waals surface area contributed by atoms with Gasteiger partial charge in [-0.25, -0.2) is 0 Å². The lowest BCUT2D eigenvalue weighted by molar-refractivity contribution is 0.967. The van der Waals surface area contributed by atoms with E-state index in [0.717, 1.165) is 22.9 Å². The topological polar surface area (TPSA) is 49.8 Å². The molecule has 2 aromatic rings. The Labute approximate surface area is 88.9 Å². The van der Waals surface area contributed by atoms with Crippen LogP contribution in [0.3, 0.4) is 0 Å². The van der Waals surface area contributed by atoms with Crippen LogP contribution in [-0.2, 0) is 6.42 Å². The fraction of sp³-hybridized carbons (Fsp3) is 0.154. The fourth-order valence-electron chi connectivity index (χ4n) is 1.75. The highest BCUT2D eigenvalue weighted by Crippen LogP contribution is 2.19. The standard InChI is InChI=1S/C13H12N2/c14-6-5-12-7-10-3-1-2-4-11(10)8-13(12)9-15/h1-4,7-8H,5-6,14H2. The van der Waals surface area contributed by atoms with E-state index in [1.54, 1.807) is 0 Å². The molecule has 2 heteroatoms. The molecule has 0 saturated heterocycles. The molecule has 0 aromatic heterocycles. The van der Waals surface area contributed by atoms with Crippen LogP contribution >= 0.6 is 0 Å². The molecule has 0 atom stereocenters. The van der Waals surface area contributed by atoms with E-state index in [9.17, 15) is 0 Å². The lowest BCUT2D eigenvalue weighted by Crippen LogP contribution is -2.04. The zero-order valence-corrected chi connectivity index (χ0v) is 8.40. The molecule has 2 nitrogen and oxygen atoms in total. The Bertz CT molecular complexity index is 524. The Kier molecular flexibility index (Phi) is 2.66. The predicted octanol–water partition coefficient (Wildman–Crippen LogP) is 2.21. The van der Waals surface area contributed by atoms with Crippen molar-refractivity contribution in [1.82, 2.24) is 0 Å². The van der Waals surface area contributed by atoms with Gasteiger partial charge in [0.05, 0.1) is 11.6 Å². The molecule has 0 fully saturated rings. The van der Waals surface area contributed by atoms with E-state index in [0.29, 0.717) is 6.54 Å². The molecule has 0 unspecified atom stereocenters. The second kappa shape index (κ2) is 4.12. The number of nitrogens with two attached hydrogens (primary N) is 1. The first-order chi connectivity index (χ1) is 7.35.